The minimum absolute atomic E-state index is 0.366. The zero-order valence-corrected chi connectivity index (χ0v) is 17.9. The Hall–Kier alpha value is -1.97. The molecule has 140 valence electrons. The zero-order valence-electron chi connectivity index (χ0n) is 15.5. The molecule has 0 unspecified atom stereocenters. The number of nitrogens with one attached hydrogen (secondary N) is 1. The lowest BCUT2D eigenvalue weighted by Crippen LogP contribution is -2.29. The van der Waals surface area contributed by atoms with Gasteiger partial charge in [-0.1, -0.05) is 70.5 Å². The summed E-state index contributed by atoms with van der Waals surface area (Å²) in [5.74, 6) is 2.10. The predicted molar refractivity (Wildman–Crippen MR) is 123 cm³/mol. The van der Waals surface area contributed by atoms with E-state index in [1.54, 1.807) is 0 Å². The highest BCUT2D eigenvalue weighted by Gasteiger charge is 2.37. The third-order valence-corrected chi connectivity index (χ3v) is 7.42. The highest BCUT2D eigenvalue weighted by Crippen LogP contribution is 2.50. The normalized spacial score (nSPS) is 22.4. The van der Waals surface area contributed by atoms with Gasteiger partial charge in [-0.05, 0) is 59.4 Å². The summed E-state index contributed by atoms with van der Waals surface area (Å²) in [4.78, 5) is 1.33. The van der Waals surface area contributed by atoms with Gasteiger partial charge in [0.25, 0.3) is 0 Å². The van der Waals surface area contributed by atoms with Gasteiger partial charge < -0.3 is 5.32 Å². The molecule has 28 heavy (non-hydrogen) atoms. The maximum absolute atomic E-state index is 3.84. The van der Waals surface area contributed by atoms with Gasteiger partial charge in [-0.25, -0.2) is 0 Å². The van der Waals surface area contributed by atoms with Gasteiger partial charge in [0.1, 0.15) is 0 Å². The second kappa shape index (κ2) is 7.81. The van der Waals surface area contributed by atoms with E-state index in [0.717, 1.165) is 16.6 Å². The van der Waals surface area contributed by atoms with Crippen LogP contribution in [0.5, 0.6) is 0 Å². The molecule has 0 fully saturated rings. The Kier molecular flexibility index (Phi) is 5.04. The van der Waals surface area contributed by atoms with E-state index in [1.807, 2.05) is 11.8 Å². The second-order valence-electron chi connectivity index (χ2n) is 7.55. The molecule has 0 aromatic heterocycles. The Morgan fingerprint density at radius 1 is 0.964 bits per heavy atom. The molecule has 3 atom stereocenters. The van der Waals surface area contributed by atoms with Crippen LogP contribution in [0.1, 0.15) is 35.1 Å². The van der Waals surface area contributed by atoms with E-state index in [9.17, 15) is 0 Å². The number of hydrogen-bond acceptors (Lipinski definition) is 2. The average Bonchev–Trinajstić information content (AvgIpc) is 3.23. The number of benzene rings is 3. The van der Waals surface area contributed by atoms with E-state index < -0.39 is 0 Å². The molecule has 0 radical (unpaired) electrons. The molecule has 1 N–H and O–H groups in total. The van der Waals surface area contributed by atoms with Crippen molar-refractivity contribution in [1.82, 2.24) is 0 Å². The van der Waals surface area contributed by atoms with Gasteiger partial charge in [-0.2, -0.15) is 0 Å². The van der Waals surface area contributed by atoms with Crippen LogP contribution in [0.25, 0.3) is 0 Å². The van der Waals surface area contributed by atoms with Crippen molar-refractivity contribution in [3.63, 3.8) is 0 Å². The summed E-state index contributed by atoms with van der Waals surface area (Å²) in [5.41, 5.74) is 5.51. The molecule has 0 saturated heterocycles. The molecule has 0 saturated carbocycles. The SMILES string of the molecule is Brc1ccc([C@@H]2Nc3ccc(CSc4ccccc4)cc3[C@@H]3C=CC[C@@H]32)cc1. The minimum atomic E-state index is 0.366. The Labute approximate surface area is 179 Å². The standard InChI is InChI=1S/C25H22BrNS/c26-19-12-10-18(11-13-19)25-22-8-4-7-21(22)23-15-17(9-14-24(23)27-25)16-28-20-5-2-1-3-6-20/h1-7,9-15,21-22,25,27H,8,16H2/t21-,22+,25+/m1/s1. The lowest BCUT2D eigenvalue weighted by Gasteiger charge is -2.37. The molecular weight excluding hydrogens is 426 g/mol. The van der Waals surface area contributed by atoms with Crippen molar-refractivity contribution < 1.29 is 0 Å². The van der Waals surface area contributed by atoms with Gasteiger partial charge in [0.15, 0.2) is 0 Å². The highest BCUT2D eigenvalue weighted by molar-refractivity contribution is 9.10. The van der Waals surface area contributed by atoms with E-state index in [0.29, 0.717) is 17.9 Å². The molecule has 3 heteroatoms. The summed E-state index contributed by atoms with van der Waals surface area (Å²) in [6.07, 6.45) is 5.93. The van der Waals surface area contributed by atoms with E-state index in [4.69, 9.17) is 0 Å². The Morgan fingerprint density at radius 2 is 1.79 bits per heavy atom. The number of thioether (sulfide) groups is 1. The van der Waals surface area contributed by atoms with Crippen LogP contribution in [0.2, 0.25) is 0 Å². The lowest BCUT2D eigenvalue weighted by atomic mass is 9.77. The number of fused-ring (bicyclic) bond motifs is 3. The molecule has 2 aliphatic rings. The molecule has 1 heterocycles. The molecule has 1 aliphatic heterocycles. The molecule has 0 spiro atoms. The lowest BCUT2D eigenvalue weighted by molar-refractivity contribution is 0.425. The fourth-order valence-corrected chi connectivity index (χ4v) is 5.54. The van der Waals surface area contributed by atoms with Gasteiger partial charge in [-0.3, -0.25) is 0 Å². The van der Waals surface area contributed by atoms with Gasteiger partial charge in [0.05, 0.1) is 6.04 Å². The first kappa shape index (κ1) is 18.1. The summed E-state index contributed by atoms with van der Waals surface area (Å²) in [7, 11) is 0. The molecular formula is C25H22BrNS. The van der Waals surface area contributed by atoms with Crippen LogP contribution in [0.15, 0.2) is 94.3 Å². The van der Waals surface area contributed by atoms with Crippen molar-refractivity contribution in [2.24, 2.45) is 5.92 Å². The maximum Gasteiger partial charge on any atom is 0.0553 e. The van der Waals surface area contributed by atoms with Crippen LogP contribution in [-0.2, 0) is 5.75 Å². The second-order valence-corrected chi connectivity index (χ2v) is 9.51. The summed E-state index contributed by atoms with van der Waals surface area (Å²) in [5, 5.41) is 3.84. The fourth-order valence-electron chi connectivity index (χ4n) is 4.42. The van der Waals surface area contributed by atoms with E-state index in [2.05, 4.69) is 106 Å². The van der Waals surface area contributed by atoms with Crippen molar-refractivity contribution >= 4 is 33.4 Å². The third kappa shape index (κ3) is 3.54. The van der Waals surface area contributed by atoms with E-state index >= 15 is 0 Å². The minimum Gasteiger partial charge on any atom is -0.378 e. The van der Waals surface area contributed by atoms with Crippen LogP contribution in [-0.4, -0.2) is 0 Å². The Balaban J connectivity index is 1.41. The first-order valence-electron chi connectivity index (χ1n) is 9.77. The molecule has 3 aromatic rings. The highest BCUT2D eigenvalue weighted by atomic mass is 79.9. The van der Waals surface area contributed by atoms with Crippen molar-refractivity contribution in [2.45, 2.75) is 29.0 Å². The van der Waals surface area contributed by atoms with Crippen LogP contribution in [0.3, 0.4) is 0 Å². The topological polar surface area (TPSA) is 12.0 Å². The zero-order chi connectivity index (χ0) is 18.9. The number of hydrogen-bond donors (Lipinski definition) is 1. The number of halogens is 1. The molecule has 3 aromatic carbocycles. The monoisotopic (exact) mass is 447 g/mol. The van der Waals surface area contributed by atoms with Gasteiger partial charge >= 0.3 is 0 Å². The summed E-state index contributed by atoms with van der Waals surface area (Å²) in [6.45, 7) is 0. The summed E-state index contributed by atoms with van der Waals surface area (Å²) >= 11 is 5.46. The molecule has 5 rings (SSSR count). The smallest absolute Gasteiger partial charge is 0.0553 e. The van der Waals surface area contributed by atoms with Crippen molar-refractivity contribution in [3.05, 3.63) is 106 Å². The van der Waals surface area contributed by atoms with Crippen LogP contribution >= 0.6 is 27.7 Å². The number of allylic oxidation sites excluding steroid dienone is 2. The summed E-state index contributed by atoms with van der Waals surface area (Å²) < 4.78 is 1.13. The molecule has 1 nitrogen and oxygen atoms in total. The first-order chi connectivity index (χ1) is 13.8. The quantitative estimate of drug-likeness (QED) is 0.326. The third-order valence-electron chi connectivity index (χ3n) is 5.81. The van der Waals surface area contributed by atoms with Crippen molar-refractivity contribution in [1.29, 1.82) is 0 Å². The Bertz CT molecular complexity index is 997. The van der Waals surface area contributed by atoms with Gasteiger partial charge in [-0.15, -0.1) is 11.8 Å². The Morgan fingerprint density at radius 3 is 2.61 bits per heavy atom. The average molecular weight is 448 g/mol. The fraction of sp³-hybridized carbons (Fsp3) is 0.200. The molecule has 0 bridgehead atoms. The van der Waals surface area contributed by atoms with Crippen molar-refractivity contribution in [2.75, 3.05) is 5.32 Å². The number of rotatable bonds is 4. The van der Waals surface area contributed by atoms with E-state index in [-0.39, 0.29) is 0 Å². The van der Waals surface area contributed by atoms with Crippen molar-refractivity contribution in [3.8, 4) is 0 Å². The van der Waals surface area contributed by atoms with Gasteiger partial charge in [0, 0.05) is 26.7 Å². The number of anilines is 1. The first-order valence-corrected chi connectivity index (χ1v) is 11.5. The summed E-state index contributed by atoms with van der Waals surface area (Å²) in [6, 6.07) is 26.8. The molecule has 1 aliphatic carbocycles. The van der Waals surface area contributed by atoms with E-state index in [1.165, 1.54) is 27.3 Å². The largest absolute Gasteiger partial charge is 0.378 e. The van der Waals surface area contributed by atoms with Crippen LogP contribution < -0.4 is 5.32 Å². The molecule has 0 amide bonds. The predicted octanol–water partition coefficient (Wildman–Crippen LogP) is 7.57. The van der Waals surface area contributed by atoms with Crippen LogP contribution in [0.4, 0.5) is 5.69 Å². The van der Waals surface area contributed by atoms with Crippen LogP contribution in [0, 0.1) is 5.92 Å². The van der Waals surface area contributed by atoms with Gasteiger partial charge in [0.2, 0.25) is 0 Å². The maximum atomic E-state index is 3.84.